The van der Waals surface area contributed by atoms with Crippen LogP contribution in [0.5, 0.6) is 5.88 Å². The number of aromatic hydroxyl groups is 1. The molecule has 2 heterocycles. The molecule has 0 bridgehead atoms. The lowest BCUT2D eigenvalue weighted by Gasteiger charge is -2.01. The number of thiazole rings is 1. The van der Waals surface area contributed by atoms with E-state index in [2.05, 4.69) is 37.9 Å². The Bertz CT molecular complexity index is 961. The van der Waals surface area contributed by atoms with Gasteiger partial charge in [-0.2, -0.15) is 4.98 Å². The molecular formula is C18H12IN3OS. The first-order chi connectivity index (χ1) is 11.7. The molecule has 0 unspecified atom stereocenters. The van der Waals surface area contributed by atoms with Crippen molar-refractivity contribution in [3.05, 3.63) is 62.5 Å². The lowest BCUT2D eigenvalue weighted by molar-refractivity contribution is 0.457. The smallest absolute Gasteiger partial charge is 0.231 e. The highest BCUT2D eigenvalue weighted by Gasteiger charge is 2.14. The van der Waals surface area contributed by atoms with Gasteiger partial charge in [0.05, 0.1) is 10.6 Å². The van der Waals surface area contributed by atoms with Gasteiger partial charge in [-0.05, 0) is 59.0 Å². The zero-order valence-electron chi connectivity index (χ0n) is 12.4. The largest absolute Gasteiger partial charge is 0.492 e. The van der Waals surface area contributed by atoms with Crippen LogP contribution in [0, 0.1) is 3.57 Å². The van der Waals surface area contributed by atoms with Gasteiger partial charge >= 0.3 is 0 Å². The van der Waals surface area contributed by atoms with Crippen LogP contribution >= 0.6 is 33.9 Å². The Morgan fingerprint density at radius 1 is 1.08 bits per heavy atom. The first-order valence-corrected chi connectivity index (χ1v) is 9.16. The number of benzene rings is 2. The van der Waals surface area contributed by atoms with Gasteiger partial charge in [-0.15, -0.1) is 0 Å². The van der Waals surface area contributed by atoms with Gasteiger partial charge in [-0.1, -0.05) is 29.5 Å². The Labute approximate surface area is 156 Å². The zero-order valence-corrected chi connectivity index (χ0v) is 15.4. The Balaban J connectivity index is 1.62. The van der Waals surface area contributed by atoms with E-state index in [9.17, 15) is 5.11 Å². The van der Waals surface area contributed by atoms with E-state index < -0.39 is 0 Å². The van der Waals surface area contributed by atoms with Crippen molar-refractivity contribution in [1.82, 2.24) is 4.98 Å². The van der Waals surface area contributed by atoms with Crippen LogP contribution in [0.3, 0.4) is 0 Å². The monoisotopic (exact) mass is 445 g/mol. The first kappa shape index (κ1) is 15.3. The second-order valence-corrected chi connectivity index (χ2v) is 7.49. The number of fused-ring (bicyclic) bond motifs is 1. The third-order valence-corrected chi connectivity index (χ3v) is 5.20. The van der Waals surface area contributed by atoms with Gasteiger partial charge < -0.3 is 10.4 Å². The number of nitrogens with one attached hydrogen (secondary N) is 1. The first-order valence-electron chi connectivity index (χ1n) is 7.26. The van der Waals surface area contributed by atoms with Crippen LogP contribution in [0.15, 0.2) is 53.5 Å². The van der Waals surface area contributed by atoms with E-state index in [0.717, 1.165) is 22.5 Å². The van der Waals surface area contributed by atoms with Crippen molar-refractivity contribution in [2.75, 3.05) is 5.32 Å². The summed E-state index contributed by atoms with van der Waals surface area (Å²) in [6.07, 6.45) is 3.73. The van der Waals surface area contributed by atoms with Crippen molar-refractivity contribution >= 4 is 68.3 Å². The number of hydrogen-bond donors (Lipinski definition) is 2. The van der Waals surface area contributed by atoms with E-state index in [1.54, 1.807) is 0 Å². The van der Waals surface area contributed by atoms with Crippen LogP contribution in [0.4, 0.5) is 16.5 Å². The Kier molecular flexibility index (Phi) is 4.07. The second kappa shape index (κ2) is 6.37. The van der Waals surface area contributed by atoms with Crippen molar-refractivity contribution in [2.45, 2.75) is 0 Å². The van der Waals surface area contributed by atoms with Crippen molar-refractivity contribution in [1.29, 1.82) is 0 Å². The maximum atomic E-state index is 10.1. The molecule has 4 nitrogen and oxygen atoms in total. The number of aliphatic imine (C=N–C) groups is 1. The van der Waals surface area contributed by atoms with Crippen LogP contribution in [-0.4, -0.2) is 16.3 Å². The van der Waals surface area contributed by atoms with Gasteiger partial charge in [0.2, 0.25) is 5.88 Å². The molecule has 0 atom stereocenters. The van der Waals surface area contributed by atoms with Crippen molar-refractivity contribution in [3.8, 4) is 5.88 Å². The van der Waals surface area contributed by atoms with E-state index in [1.165, 1.54) is 14.9 Å². The summed E-state index contributed by atoms with van der Waals surface area (Å²) in [5.41, 5.74) is 3.93. The molecule has 0 fully saturated rings. The molecule has 118 valence electrons. The van der Waals surface area contributed by atoms with Crippen LogP contribution in [-0.2, 0) is 0 Å². The zero-order chi connectivity index (χ0) is 16.5. The van der Waals surface area contributed by atoms with E-state index in [0.29, 0.717) is 10.0 Å². The molecule has 0 spiro atoms. The molecule has 1 aliphatic rings. The van der Waals surface area contributed by atoms with Gasteiger partial charge in [-0.25, -0.2) is 0 Å². The summed E-state index contributed by atoms with van der Waals surface area (Å²) in [5, 5.41) is 14.0. The SMILES string of the molecule is Oc1nc(Nc2ccc(I)cc2)sc1C=C1C=Nc2ccccc21. The molecule has 2 N–H and O–H groups in total. The number of allylic oxidation sites excluding steroid dienone is 1. The number of hydrogen-bond acceptors (Lipinski definition) is 5. The van der Waals surface area contributed by atoms with E-state index in [-0.39, 0.29) is 5.88 Å². The molecule has 1 aliphatic heterocycles. The summed E-state index contributed by atoms with van der Waals surface area (Å²) in [6.45, 7) is 0. The minimum Gasteiger partial charge on any atom is -0.492 e. The van der Waals surface area contributed by atoms with Gasteiger partial charge in [0.15, 0.2) is 5.13 Å². The quantitative estimate of drug-likeness (QED) is 0.527. The molecule has 6 heteroatoms. The third-order valence-electron chi connectivity index (χ3n) is 3.57. The van der Waals surface area contributed by atoms with E-state index >= 15 is 0 Å². The van der Waals surface area contributed by atoms with Crippen molar-refractivity contribution in [2.24, 2.45) is 4.99 Å². The highest BCUT2D eigenvalue weighted by atomic mass is 127. The van der Waals surface area contributed by atoms with Gasteiger partial charge in [0.25, 0.3) is 0 Å². The Morgan fingerprint density at radius 3 is 2.71 bits per heavy atom. The highest BCUT2D eigenvalue weighted by molar-refractivity contribution is 14.1. The molecule has 0 saturated heterocycles. The Hall–Kier alpha value is -2.19. The molecule has 3 aromatic rings. The van der Waals surface area contributed by atoms with Gasteiger partial charge in [0, 0.05) is 26.6 Å². The fourth-order valence-corrected chi connectivity index (χ4v) is 3.61. The summed E-state index contributed by atoms with van der Waals surface area (Å²) in [7, 11) is 0. The number of nitrogens with zero attached hydrogens (tertiary/aromatic N) is 2. The molecule has 24 heavy (non-hydrogen) atoms. The van der Waals surface area contributed by atoms with E-state index in [1.807, 2.05) is 60.8 Å². The fourth-order valence-electron chi connectivity index (χ4n) is 2.42. The molecular weight excluding hydrogens is 433 g/mol. The molecule has 0 saturated carbocycles. The maximum Gasteiger partial charge on any atom is 0.231 e. The summed E-state index contributed by atoms with van der Waals surface area (Å²) in [4.78, 5) is 9.29. The lowest BCUT2D eigenvalue weighted by Crippen LogP contribution is -1.88. The molecule has 0 aliphatic carbocycles. The number of halogens is 1. The number of rotatable bonds is 3. The highest BCUT2D eigenvalue weighted by Crippen LogP contribution is 2.37. The molecule has 4 rings (SSSR count). The van der Waals surface area contributed by atoms with Crippen LogP contribution in [0.25, 0.3) is 11.6 Å². The van der Waals surface area contributed by atoms with Crippen LogP contribution in [0.1, 0.15) is 10.4 Å². The van der Waals surface area contributed by atoms with Gasteiger partial charge in [-0.3, -0.25) is 4.99 Å². The standard InChI is InChI=1S/C18H12IN3OS/c19-12-5-7-13(8-6-12)21-18-22-17(23)16(24-18)9-11-10-20-15-4-2-1-3-14(11)15/h1-10,23H,(H,21,22). The summed E-state index contributed by atoms with van der Waals surface area (Å²) >= 11 is 3.67. The van der Waals surface area contributed by atoms with Crippen LogP contribution in [0.2, 0.25) is 0 Å². The third kappa shape index (κ3) is 3.07. The fraction of sp³-hybridized carbons (Fsp3) is 0. The molecule has 1 aromatic heterocycles. The normalized spacial score (nSPS) is 14.1. The predicted molar refractivity (Wildman–Crippen MR) is 109 cm³/mol. The molecule has 2 aromatic carbocycles. The van der Waals surface area contributed by atoms with Crippen molar-refractivity contribution < 1.29 is 5.11 Å². The molecule has 0 amide bonds. The topological polar surface area (TPSA) is 57.5 Å². The number of anilines is 2. The van der Waals surface area contributed by atoms with Gasteiger partial charge in [0.1, 0.15) is 0 Å². The minimum absolute atomic E-state index is 0.0262. The van der Waals surface area contributed by atoms with E-state index in [4.69, 9.17) is 0 Å². The average molecular weight is 445 g/mol. The average Bonchev–Trinajstić information content (AvgIpc) is 3.14. The summed E-state index contributed by atoms with van der Waals surface area (Å²) in [5.74, 6) is 0.0262. The maximum absolute atomic E-state index is 10.1. The lowest BCUT2D eigenvalue weighted by atomic mass is 10.1. The Morgan fingerprint density at radius 2 is 1.88 bits per heavy atom. The second-order valence-electron chi connectivity index (χ2n) is 5.21. The number of para-hydroxylation sites is 1. The molecule has 0 radical (unpaired) electrons. The predicted octanol–water partition coefficient (Wildman–Crippen LogP) is 5.45. The minimum atomic E-state index is 0.0262. The summed E-state index contributed by atoms with van der Waals surface area (Å²) < 4.78 is 1.17. The van der Waals surface area contributed by atoms with Crippen LogP contribution < -0.4 is 5.32 Å². The summed E-state index contributed by atoms with van der Waals surface area (Å²) in [6, 6.07) is 16.0. The number of aromatic nitrogens is 1. The van der Waals surface area contributed by atoms with Crippen molar-refractivity contribution in [3.63, 3.8) is 0 Å².